The van der Waals surface area contributed by atoms with Crippen molar-refractivity contribution in [2.45, 2.75) is 50.7 Å². The first-order chi connectivity index (χ1) is 9.58. The van der Waals surface area contributed by atoms with Gasteiger partial charge in [-0.2, -0.15) is 5.26 Å². The Morgan fingerprint density at radius 1 is 1.25 bits per heavy atom. The minimum Gasteiger partial charge on any atom is -0.369 e. The largest absolute Gasteiger partial charge is 0.369 e. The average molecular weight is 272 g/mol. The summed E-state index contributed by atoms with van der Waals surface area (Å²) >= 11 is 0. The monoisotopic (exact) mass is 272 g/mol. The van der Waals surface area contributed by atoms with Crippen molar-refractivity contribution in [1.29, 1.82) is 5.26 Å². The molecule has 1 N–H and O–H groups in total. The first-order valence-electron chi connectivity index (χ1n) is 7.62. The maximum absolute atomic E-state index is 10.2. The average Bonchev–Trinajstić information content (AvgIpc) is 2.87. The van der Waals surface area contributed by atoms with Crippen LogP contribution in [0.4, 0.5) is 0 Å². The predicted molar refractivity (Wildman–Crippen MR) is 71.3 cm³/mol. The molecule has 20 heavy (non-hydrogen) atoms. The molecule has 1 unspecified atom stereocenters. The normalized spacial score (nSPS) is 41.4. The molecule has 1 aromatic heterocycles. The third-order valence-electron chi connectivity index (χ3n) is 5.72. The third-order valence-corrected chi connectivity index (χ3v) is 5.72. The highest BCUT2D eigenvalue weighted by Gasteiger charge is 2.50. The Morgan fingerprint density at radius 2 is 1.85 bits per heavy atom. The van der Waals surface area contributed by atoms with Crippen molar-refractivity contribution >= 4 is 0 Å². The molecule has 0 saturated heterocycles. The number of aliphatic hydroxyl groups is 1. The van der Waals surface area contributed by atoms with Crippen LogP contribution in [0.2, 0.25) is 0 Å². The molecule has 1 heterocycles. The lowest BCUT2D eigenvalue weighted by Crippen LogP contribution is -2.46. The van der Waals surface area contributed by atoms with E-state index >= 15 is 0 Å². The lowest BCUT2D eigenvalue weighted by atomic mass is 9.54. The van der Waals surface area contributed by atoms with E-state index in [2.05, 4.69) is 10.2 Å². The SMILES string of the molecule is CC(O)(C#N)c1nncn1C1C2CC3CC(C2)CC1C3. The van der Waals surface area contributed by atoms with E-state index in [1.807, 2.05) is 10.6 Å². The number of hydrogen-bond acceptors (Lipinski definition) is 4. The van der Waals surface area contributed by atoms with Crippen LogP contribution >= 0.6 is 0 Å². The van der Waals surface area contributed by atoms with E-state index < -0.39 is 5.60 Å². The number of hydrogen-bond donors (Lipinski definition) is 1. The van der Waals surface area contributed by atoms with Crippen LogP contribution in [0.5, 0.6) is 0 Å². The Labute approximate surface area is 118 Å². The molecule has 4 aliphatic rings. The quantitative estimate of drug-likeness (QED) is 0.836. The van der Waals surface area contributed by atoms with Crippen molar-refractivity contribution in [3.8, 4) is 6.07 Å². The van der Waals surface area contributed by atoms with Crippen LogP contribution in [0, 0.1) is 35.0 Å². The van der Waals surface area contributed by atoms with Gasteiger partial charge in [0.1, 0.15) is 12.4 Å². The molecular weight excluding hydrogens is 252 g/mol. The van der Waals surface area contributed by atoms with Gasteiger partial charge in [0.15, 0.2) is 5.82 Å². The number of rotatable bonds is 2. The van der Waals surface area contributed by atoms with Gasteiger partial charge in [0, 0.05) is 6.04 Å². The van der Waals surface area contributed by atoms with Crippen molar-refractivity contribution in [1.82, 2.24) is 14.8 Å². The Bertz CT molecular complexity index is 543. The molecule has 4 aliphatic carbocycles. The van der Waals surface area contributed by atoms with Gasteiger partial charge in [-0.25, -0.2) is 0 Å². The second kappa shape index (κ2) is 4.05. The Balaban J connectivity index is 1.73. The molecule has 106 valence electrons. The zero-order chi connectivity index (χ0) is 13.9. The van der Waals surface area contributed by atoms with Crippen molar-refractivity contribution in [2.75, 3.05) is 0 Å². The van der Waals surface area contributed by atoms with Crippen LogP contribution < -0.4 is 0 Å². The van der Waals surface area contributed by atoms with Crippen molar-refractivity contribution in [2.24, 2.45) is 23.7 Å². The predicted octanol–water partition coefficient (Wildman–Crippen LogP) is 2.01. The van der Waals surface area contributed by atoms with Crippen LogP contribution in [0.1, 0.15) is 50.9 Å². The molecule has 5 nitrogen and oxygen atoms in total. The molecule has 1 aromatic rings. The van der Waals surface area contributed by atoms with Crippen LogP contribution in [0.3, 0.4) is 0 Å². The molecule has 0 amide bonds. The van der Waals surface area contributed by atoms with Crippen LogP contribution in [0.25, 0.3) is 0 Å². The molecule has 4 saturated carbocycles. The highest BCUT2D eigenvalue weighted by Crippen LogP contribution is 2.58. The van der Waals surface area contributed by atoms with Crippen molar-refractivity contribution in [3.63, 3.8) is 0 Å². The molecule has 0 spiro atoms. The summed E-state index contributed by atoms with van der Waals surface area (Å²) in [4.78, 5) is 0. The topological polar surface area (TPSA) is 74.7 Å². The summed E-state index contributed by atoms with van der Waals surface area (Å²) in [6.07, 6.45) is 8.32. The molecule has 5 rings (SSSR count). The Morgan fingerprint density at radius 3 is 2.40 bits per heavy atom. The zero-order valence-corrected chi connectivity index (χ0v) is 11.7. The fourth-order valence-corrected chi connectivity index (χ4v) is 5.21. The summed E-state index contributed by atoms with van der Waals surface area (Å²) < 4.78 is 2.01. The molecule has 0 aromatic carbocycles. The van der Waals surface area contributed by atoms with Gasteiger partial charge in [0.25, 0.3) is 0 Å². The smallest absolute Gasteiger partial charge is 0.208 e. The van der Waals surface area contributed by atoms with Gasteiger partial charge in [-0.15, -0.1) is 10.2 Å². The Hall–Kier alpha value is -1.41. The van der Waals surface area contributed by atoms with Gasteiger partial charge < -0.3 is 9.67 Å². The molecule has 0 radical (unpaired) electrons. The third kappa shape index (κ3) is 1.64. The van der Waals surface area contributed by atoms with E-state index in [0.29, 0.717) is 23.7 Å². The number of nitrogens with zero attached hydrogens (tertiary/aromatic N) is 4. The van der Waals surface area contributed by atoms with E-state index in [4.69, 9.17) is 5.26 Å². The molecular formula is C15H20N4O. The van der Waals surface area contributed by atoms with Crippen molar-refractivity contribution < 1.29 is 5.11 Å². The molecule has 4 fully saturated rings. The maximum atomic E-state index is 10.2. The van der Waals surface area contributed by atoms with Gasteiger partial charge in [-0.1, -0.05) is 0 Å². The van der Waals surface area contributed by atoms with E-state index in [1.165, 1.54) is 39.0 Å². The summed E-state index contributed by atoms with van der Waals surface area (Å²) in [7, 11) is 0. The minimum atomic E-state index is -1.55. The summed E-state index contributed by atoms with van der Waals surface area (Å²) in [6.45, 7) is 1.50. The molecule has 4 bridgehead atoms. The molecule has 5 heteroatoms. The van der Waals surface area contributed by atoms with E-state index in [0.717, 1.165) is 11.8 Å². The molecule has 0 aliphatic heterocycles. The van der Waals surface area contributed by atoms with Gasteiger partial charge in [0.05, 0.1) is 0 Å². The van der Waals surface area contributed by atoms with Gasteiger partial charge in [0.2, 0.25) is 5.60 Å². The highest BCUT2D eigenvalue weighted by molar-refractivity contribution is 5.14. The van der Waals surface area contributed by atoms with Gasteiger partial charge in [-0.3, -0.25) is 0 Å². The van der Waals surface area contributed by atoms with Crippen LogP contribution in [-0.4, -0.2) is 19.9 Å². The van der Waals surface area contributed by atoms with E-state index in [9.17, 15) is 5.11 Å². The zero-order valence-electron chi connectivity index (χ0n) is 11.7. The summed E-state index contributed by atoms with van der Waals surface area (Å²) in [5, 5.41) is 27.4. The summed E-state index contributed by atoms with van der Waals surface area (Å²) in [5.74, 6) is 3.58. The van der Waals surface area contributed by atoms with Crippen molar-refractivity contribution in [3.05, 3.63) is 12.2 Å². The minimum absolute atomic E-state index is 0.382. The fourth-order valence-electron chi connectivity index (χ4n) is 5.21. The molecule has 1 atom stereocenters. The number of aromatic nitrogens is 3. The van der Waals surface area contributed by atoms with Gasteiger partial charge >= 0.3 is 0 Å². The van der Waals surface area contributed by atoms with E-state index in [1.54, 1.807) is 6.33 Å². The maximum Gasteiger partial charge on any atom is 0.208 e. The van der Waals surface area contributed by atoms with E-state index in [-0.39, 0.29) is 0 Å². The summed E-state index contributed by atoms with van der Waals surface area (Å²) in [6, 6.07) is 2.32. The highest BCUT2D eigenvalue weighted by atomic mass is 16.3. The van der Waals surface area contributed by atoms with Crippen LogP contribution in [-0.2, 0) is 5.60 Å². The lowest BCUT2D eigenvalue weighted by Gasteiger charge is -2.54. The lowest BCUT2D eigenvalue weighted by molar-refractivity contribution is -0.0340. The fraction of sp³-hybridized carbons (Fsp3) is 0.800. The van der Waals surface area contributed by atoms with Gasteiger partial charge in [-0.05, 0) is 62.7 Å². The van der Waals surface area contributed by atoms with Crippen LogP contribution in [0.15, 0.2) is 6.33 Å². The number of nitriles is 1. The second-order valence-electron chi connectivity index (χ2n) is 7.17. The summed E-state index contributed by atoms with van der Waals surface area (Å²) in [5.41, 5.74) is -1.55. The second-order valence-corrected chi connectivity index (χ2v) is 7.17. The standard InChI is InChI=1S/C15H20N4O/c1-15(20,7-16)14-18-17-8-19(14)13-11-3-9-2-10(5-11)6-12(13)4-9/h8-13,20H,2-6H2,1H3. The Kier molecular flexibility index (Phi) is 2.50. The first-order valence-corrected chi connectivity index (χ1v) is 7.62. The first kappa shape index (κ1) is 12.3.